The molecule has 0 fully saturated rings. The molecular weight excluding hydrogens is 282 g/mol. The van der Waals surface area contributed by atoms with Gasteiger partial charge in [0, 0.05) is 12.7 Å². The number of aromatic nitrogens is 1. The van der Waals surface area contributed by atoms with Crippen LogP contribution in [0.2, 0.25) is 0 Å². The van der Waals surface area contributed by atoms with Crippen LogP contribution < -0.4 is 15.0 Å². The zero-order valence-corrected chi connectivity index (χ0v) is 12.5. The Hall–Kier alpha value is -2.76. The number of nitrogens with one attached hydrogen (secondary N) is 1. The van der Waals surface area contributed by atoms with E-state index in [0.29, 0.717) is 24.6 Å². The summed E-state index contributed by atoms with van der Waals surface area (Å²) in [4.78, 5) is 18.3. The first-order valence-electron chi connectivity index (χ1n) is 6.92. The summed E-state index contributed by atoms with van der Waals surface area (Å²) in [7, 11) is 3.02. The van der Waals surface area contributed by atoms with Crippen molar-refractivity contribution in [2.75, 3.05) is 31.1 Å². The van der Waals surface area contributed by atoms with Crippen LogP contribution in [0.25, 0.3) is 0 Å². The summed E-state index contributed by atoms with van der Waals surface area (Å²) < 4.78 is 10.0. The van der Waals surface area contributed by atoms with Crippen molar-refractivity contribution < 1.29 is 14.3 Å². The van der Waals surface area contributed by atoms with Gasteiger partial charge in [0.05, 0.1) is 32.1 Å². The van der Waals surface area contributed by atoms with Crippen LogP contribution >= 0.6 is 0 Å². The summed E-state index contributed by atoms with van der Waals surface area (Å²) in [5, 5.41) is 3.19. The molecule has 0 amide bonds. The van der Waals surface area contributed by atoms with E-state index in [9.17, 15) is 4.79 Å². The third kappa shape index (κ3) is 2.55. The number of hydrogen-bond acceptors (Lipinski definition) is 6. The van der Waals surface area contributed by atoms with Gasteiger partial charge in [-0.1, -0.05) is 12.1 Å². The first-order valence-corrected chi connectivity index (χ1v) is 6.92. The molecule has 1 aromatic heterocycles. The number of fused-ring (bicyclic) bond motifs is 1. The summed E-state index contributed by atoms with van der Waals surface area (Å²) in [6.07, 6.45) is 1.61. The second-order valence-electron chi connectivity index (χ2n) is 4.93. The molecule has 0 saturated carbocycles. The van der Waals surface area contributed by atoms with E-state index in [0.717, 1.165) is 17.0 Å². The highest BCUT2D eigenvalue weighted by Crippen LogP contribution is 2.34. The number of nitrogens with zero attached hydrogens (tertiary/aromatic N) is 2. The standard InChI is InChI=1S/C16H17N3O3/c1-21-12-5-3-11(4-6-12)9-19-10-18-15-14(19)13(7-8-17-15)16(20)22-2/h3-8H,9-10H2,1-2H3,(H,17,18). The molecule has 2 aromatic rings. The number of ether oxygens (including phenoxy) is 2. The highest BCUT2D eigenvalue weighted by atomic mass is 16.5. The van der Waals surface area contributed by atoms with Gasteiger partial charge in [-0.25, -0.2) is 9.78 Å². The maximum atomic E-state index is 11.9. The van der Waals surface area contributed by atoms with Gasteiger partial charge in [0.25, 0.3) is 0 Å². The van der Waals surface area contributed by atoms with Crippen molar-refractivity contribution in [3.05, 3.63) is 47.7 Å². The van der Waals surface area contributed by atoms with Crippen molar-refractivity contribution in [3.8, 4) is 5.75 Å². The number of carbonyl (C=O) groups excluding carboxylic acids is 1. The minimum Gasteiger partial charge on any atom is -0.497 e. The Balaban J connectivity index is 1.88. The molecule has 0 bridgehead atoms. The van der Waals surface area contributed by atoms with Crippen LogP contribution in [0.3, 0.4) is 0 Å². The second-order valence-corrected chi connectivity index (χ2v) is 4.93. The molecular formula is C16H17N3O3. The quantitative estimate of drug-likeness (QED) is 0.874. The van der Waals surface area contributed by atoms with E-state index in [1.807, 2.05) is 24.3 Å². The molecule has 1 aliphatic heterocycles. The van der Waals surface area contributed by atoms with E-state index in [1.165, 1.54) is 7.11 Å². The van der Waals surface area contributed by atoms with Gasteiger partial charge < -0.3 is 19.7 Å². The van der Waals surface area contributed by atoms with E-state index in [1.54, 1.807) is 19.4 Å². The molecule has 3 rings (SSSR count). The minimum atomic E-state index is -0.359. The molecule has 6 nitrogen and oxygen atoms in total. The number of methoxy groups -OCH3 is 2. The zero-order chi connectivity index (χ0) is 15.5. The molecule has 0 spiro atoms. The van der Waals surface area contributed by atoms with Crippen LogP contribution in [0.1, 0.15) is 15.9 Å². The smallest absolute Gasteiger partial charge is 0.340 e. The van der Waals surface area contributed by atoms with Gasteiger partial charge in [-0.15, -0.1) is 0 Å². The van der Waals surface area contributed by atoms with Crippen molar-refractivity contribution in [1.82, 2.24) is 4.98 Å². The van der Waals surface area contributed by atoms with E-state index in [2.05, 4.69) is 15.2 Å². The van der Waals surface area contributed by atoms with E-state index < -0.39 is 0 Å². The minimum absolute atomic E-state index is 0.359. The van der Waals surface area contributed by atoms with Gasteiger partial charge in [-0.3, -0.25) is 0 Å². The van der Waals surface area contributed by atoms with Gasteiger partial charge >= 0.3 is 5.97 Å². The highest BCUT2D eigenvalue weighted by molar-refractivity contribution is 5.99. The van der Waals surface area contributed by atoms with Gasteiger partial charge in [0.1, 0.15) is 5.75 Å². The lowest BCUT2D eigenvalue weighted by atomic mass is 10.1. The average molecular weight is 299 g/mol. The number of hydrogen-bond donors (Lipinski definition) is 1. The van der Waals surface area contributed by atoms with Crippen LogP contribution in [-0.2, 0) is 11.3 Å². The molecule has 22 heavy (non-hydrogen) atoms. The highest BCUT2D eigenvalue weighted by Gasteiger charge is 2.26. The average Bonchev–Trinajstić information content (AvgIpc) is 2.98. The molecule has 2 heterocycles. The third-order valence-corrected chi connectivity index (χ3v) is 3.62. The number of benzene rings is 1. The second kappa shape index (κ2) is 5.93. The SMILES string of the molecule is COC(=O)c1ccnc2c1N(Cc1ccc(OC)cc1)CN2. The van der Waals surface area contributed by atoms with Crippen LogP contribution in [0.15, 0.2) is 36.5 Å². The summed E-state index contributed by atoms with van der Waals surface area (Å²) in [5.74, 6) is 1.17. The molecule has 0 atom stereocenters. The van der Waals surface area contributed by atoms with E-state index in [4.69, 9.17) is 9.47 Å². The largest absolute Gasteiger partial charge is 0.497 e. The Bertz CT molecular complexity index is 686. The summed E-state index contributed by atoms with van der Waals surface area (Å²) in [5.41, 5.74) is 2.42. The third-order valence-electron chi connectivity index (χ3n) is 3.62. The maximum absolute atomic E-state index is 11.9. The normalized spacial score (nSPS) is 12.5. The van der Waals surface area contributed by atoms with Crippen molar-refractivity contribution in [3.63, 3.8) is 0 Å². The van der Waals surface area contributed by atoms with Gasteiger partial charge in [0.15, 0.2) is 5.82 Å². The lowest BCUT2D eigenvalue weighted by Gasteiger charge is -2.19. The predicted molar refractivity (Wildman–Crippen MR) is 83.2 cm³/mol. The lowest BCUT2D eigenvalue weighted by Crippen LogP contribution is -2.23. The molecule has 0 unspecified atom stereocenters. The number of pyridine rings is 1. The fourth-order valence-electron chi connectivity index (χ4n) is 2.51. The number of rotatable bonds is 4. The topological polar surface area (TPSA) is 63.7 Å². The maximum Gasteiger partial charge on any atom is 0.340 e. The van der Waals surface area contributed by atoms with Gasteiger partial charge in [-0.2, -0.15) is 0 Å². The first kappa shape index (κ1) is 14.2. The number of esters is 1. The molecule has 1 aliphatic rings. The van der Waals surface area contributed by atoms with Crippen molar-refractivity contribution in [2.24, 2.45) is 0 Å². The van der Waals surface area contributed by atoms with E-state index >= 15 is 0 Å². The summed E-state index contributed by atoms with van der Waals surface area (Å²) in [6, 6.07) is 9.53. The van der Waals surface area contributed by atoms with Crippen LogP contribution in [0.4, 0.5) is 11.5 Å². The molecule has 0 aliphatic carbocycles. The van der Waals surface area contributed by atoms with Crippen molar-refractivity contribution in [1.29, 1.82) is 0 Å². The first-order chi connectivity index (χ1) is 10.7. The van der Waals surface area contributed by atoms with Crippen molar-refractivity contribution >= 4 is 17.5 Å². The molecule has 1 N–H and O–H groups in total. The monoisotopic (exact) mass is 299 g/mol. The van der Waals surface area contributed by atoms with Crippen molar-refractivity contribution in [2.45, 2.75) is 6.54 Å². The molecule has 0 radical (unpaired) electrons. The molecule has 114 valence electrons. The summed E-state index contributed by atoms with van der Waals surface area (Å²) >= 11 is 0. The Morgan fingerprint density at radius 3 is 2.73 bits per heavy atom. The Morgan fingerprint density at radius 2 is 2.05 bits per heavy atom. The predicted octanol–water partition coefficient (Wildman–Crippen LogP) is 2.27. The summed E-state index contributed by atoms with van der Waals surface area (Å²) in [6.45, 7) is 1.27. The fraction of sp³-hybridized carbons (Fsp3) is 0.250. The Labute approximate surface area is 128 Å². The number of anilines is 2. The molecule has 0 saturated heterocycles. The lowest BCUT2D eigenvalue weighted by molar-refractivity contribution is 0.0601. The van der Waals surface area contributed by atoms with Crippen LogP contribution in [-0.4, -0.2) is 31.8 Å². The number of carbonyl (C=O) groups is 1. The zero-order valence-electron chi connectivity index (χ0n) is 12.5. The Kier molecular flexibility index (Phi) is 3.82. The molecule has 6 heteroatoms. The fourth-order valence-corrected chi connectivity index (χ4v) is 2.51. The van der Waals surface area contributed by atoms with Gasteiger partial charge in [-0.05, 0) is 23.8 Å². The van der Waals surface area contributed by atoms with Crippen LogP contribution in [0, 0.1) is 0 Å². The van der Waals surface area contributed by atoms with Gasteiger partial charge in [0.2, 0.25) is 0 Å². The van der Waals surface area contributed by atoms with E-state index in [-0.39, 0.29) is 5.97 Å². The molecule has 1 aromatic carbocycles. The Morgan fingerprint density at radius 1 is 1.27 bits per heavy atom. The van der Waals surface area contributed by atoms with Crippen LogP contribution in [0.5, 0.6) is 5.75 Å².